The van der Waals surface area contributed by atoms with E-state index in [4.69, 9.17) is 5.11 Å². The number of anilines is 1. The van der Waals surface area contributed by atoms with Crippen molar-refractivity contribution in [3.05, 3.63) is 29.3 Å². The molecule has 2 rings (SSSR count). The normalized spacial score (nSPS) is 18.7. The first kappa shape index (κ1) is 14.3. The number of β-amino-alcohol motifs (C(OH)–C–C–N with tert-alkyl or cyclic N) is 1. The van der Waals surface area contributed by atoms with Crippen molar-refractivity contribution in [3.8, 4) is 0 Å². The Kier molecular flexibility index (Phi) is 4.24. The lowest BCUT2D eigenvalue weighted by Gasteiger charge is -2.30. The molecule has 0 saturated carbocycles. The zero-order chi connectivity index (χ0) is 14.7. The van der Waals surface area contributed by atoms with Gasteiger partial charge in [-0.25, -0.2) is 9.59 Å². The fraction of sp³-hybridized carbons (Fsp3) is 0.429. The molecule has 1 atom stereocenters. The second-order valence-corrected chi connectivity index (χ2v) is 4.97. The predicted molar refractivity (Wildman–Crippen MR) is 74.0 cm³/mol. The van der Waals surface area contributed by atoms with Gasteiger partial charge in [-0.2, -0.15) is 0 Å². The smallest absolute Gasteiger partial charge is 0.337 e. The molecule has 2 amide bonds. The van der Waals surface area contributed by atoms with Crippen LogP contribution in [0.2, 0.25) is 0 Å². The van der Waals surface area contributed by atoms with Crippen LogP contribution in [-0.2, 0) is 0 Å². The number of nitrogens with one attached hydrogen (secondary N) is 1. The van der Waals surface area contributed by atoms with Crippen molar-refractivity contribution >= 4 is 17.7 Å². The van der Waals surface area contributed by atoms with E-state index in [1.54, 1.807) is 19.1 Å². The number of aryl methyl sites for hydroxylation is 1. The number of piperidine rings is 1. The van der Waals surface area contributed by atoms with Crippen LogP contribution < -0.4 is 5.32 Å². The maximum Gasteiger partial charge on any atom is 0.337 e. The van der Waals surface area contributed by atoms with Gasteiger partial charge in [0.05, 0.1) is 17.4 Å². The van der Waals surface area contributed by atoms with E-state index >= 15 is 0 Å². The highest BCUT2D eigenvalue weighted by Crippen LogP contribution is 2.21. The first-order valence-corrected chi connectivity index (χ1v) is 6.56. The van der Waals surface area contributed by atoms with Gasteiger partial charge in [0.1, 0.15) is 0 Å². The van der Waals surface area contributed by atoms with Gasteiger partial charge in [-0.3, -0.25) is 0 Å². The summed E-state index contributed by atoms with van der Waals surface area (Å²) in [6, 6.07) is 4.46. The van der Waals surface area contributed by atoms with Crippen molar-refractivity contribution in [2.24, 2.45) is 0 Å². The molecule has 1 aromatic carbocycles. The van der Waals surface area contributed by atoms with Gasteiger partial charge >= 0.3 is 12.0 Å². The highest BCUT2D eigenvalue weighted by molar-refractivity contribution is 6.01. The molecule has 0 radical (unpaired) electrons. The summed E-state index contributed by atoms with van der Waals surface area (Å²) in [6.45, 7) is 2.59. The van der Waals surface area contributed by atoms with Crippen molar-refractivity contribution in [2.45, 2.75) is 25.9 Å². The monoisotopic (exact) mass is 278 g/mol. The Hall–Kier alpha value is -2.08. The summed E-state index contributed by atoms with van der Waals surface area (Å²) in [4.78, 5) is 24.8. The molecule has 0 aliphatic carbocycles. The van der Waals surface area contributed by atoms with E-state index in [0.29, 0.717) is 24.2 Å². The first-order chi connectivity index (χ1) is 9.49. The summed E-state index contributed by atoms with van der Waals surface area (Å²) in [5, 5.41) is 21.4. The SMILES string of the molecule is Cc1cccc(C(=O)O)c1NC(=O)N1CCCC(O)C1. The van der Waals surface area contributed by atoms with E-state index in [-0.39, 0.29) is 18.1 Å². The highest BCUT2D eigenvalue weighted by atomic mass is 16.4. The third-order valence-corrected chi connectivity index (χ3v) is 3.42. The number of carboxylic acid groups (broad SMARTS) is 1. The van der Waals surface area contributed by atoms with E-state index in [1.165, 1.54) is 11.0 Å². The van der Waals surface area contributed by atoms with Gasteiger partial charge in [0.25, 0.3) is 0 Å². The van der Waals surface area contributed by atoms with Gasteiger partial charge in [-0.1, -0.05) is 12.1 Å². The number of amides is 2. The van der Waals surface area contributed by atoms with Gasteiger partial charge in [0.2, 0.25) is 0 Å². The van der Waals surface area contributed by atoms with Crippen molar-refractivity contribution in [3.63, 3.8) is 0 Å². The molecule has 3 N–H and O–H groups in total. The second-order valence-electron chi connectivity index (χ2n) is 4.97. The standard InChI is InChI=1S/C14H18N2O4/c1-9-4-2-6-11(13(18)19)12(9)15-14(20)16-7-3-5-10(17)8-16/h2,4,6,10,17H,3,5,7-8H2,1H3,(H,15,20)(H,18,19). The fourth-order valence-electron chi connectivity index (χ4n) is 2.34. The van der Waals surface area contributed by atoms with Crippen molar-refractivity contribution in [2.75, 3.05) is 18.4 Å². The summed E-state index contributed by atoms with van der Waals surface area (Å²) in [6.07, 6.45) is 0.924. The lowest BCUT2D eigenvalue weighted by molar-refractivity contribution is 0.0697. The van der Waals surface area contributed by atoms with E-state index < -0.39 is 12.1 Å². The van der Waals surface area contributed by atoms with Crippen LogP contribution in [0, 0.1) is 6.92 Å². The number of para-hydroxylation sites is 1. The van der Waals surface area contributed by atoms with Gasteiger partial charge in [0, 0.05) is 13.1 Å². The van der Waals surface area contributed by atoms with E-state index in [2.05, 4.69) is 5.32 Å². The molecule has 6 heteroatoms. The molecule has 0 bridgehead atoms. The summed E-state index contributed by atoms with van der Waals surface area (Å²) in [5.74, 6) is -1.08. The molecule has 1 aliphatic rings. The van der Waals surface area contributed by atoms with Crippen molar-refractivity contribution in [1.29, 1.82) is 0 Å². The molecule has 0 spiro atoms. The lowest BCUT2D eigenvalue weighted by atomic mass is 10.1. The maximum absolute atomic E-state index is 12.2. The van der Waals surface area contributed by atoms with Crippen LogP contribution in [0.15, 0.2) is 18.2 Å². The first-order valence-electron chi connectivity index (χ1n) is 6.56. The molecule has 6 nitrogen and oxygen atoms in total. The number of likely N-dealkylation sites (tertiary alicyclic amines) is 1. The van der Waals surface area contributed by atoms with Crippen LogP contribution in [0.1, 0.15) is 28.8 Å². The quantitative estimate of drug-likeness (QED) is 0.767. The molecule has 108 valence electrons. The number of carbonyl (C=O) groups excluding carboxylic acids is 1. The molecule has 1 fully saturated rings. The van der Waals surface area contributed by atoms with Crippen LogP contribution in [0.5, 0.6) is 0 Å². The minimum absolute atomic E-state index is 0.0657. The minimum atomic E-state index is -1.08. The van der Waals surface area contributed by atoms with Crippen molar-refractivity contribution < 1.29 is 19.8 Å². The van der Waals surface area contributed by atoms with Gasteiger partial charge in [0.15, 0.2) is 0 Å². The Morgan fingerprint density at radius 3 is 2.80 bits per heavy atom. The topological polar surface area (TPSA) is 89.9 Å². The van der Waals surface area contributed by atoms with Crippen LogP contribution in [-0.4, -0.2) is 46.3 Å². The van der Waals surface area contributed by atoms with Gasteiger partial charge in [-0.05, 0) is 31.4 Å². The number of nitrogens with zero attached hydrogens (tertiary/aromatic N) is 1. The Balaban J connectivity index is 2.17. The Labute approximate surface area is 117 Å². The summed E-state index contributed by atoms with van der Waals surface area (Å²) >= 11 is 0. The zero-order valence-corrected chi connectivity index (χ0v) is 11.3. The fourth-order valence-corrected chi connectivity index (χ4v) is 2.34. The van der Waals surface area contributed by atoms with E-state index in [0.717, 1.165) is 6.42 Å². The number of hydrogen-bond acceptors (Lipinski definition) is 3. The van der Waals surface area contributed by atoms with E-state index in [1.807, 2.05) is 0 Å². The van der Waals surface area contributed by atoms with Crippen LogP contribution in [0.4, 0.5) is 10.5 Å². The summed E-state index contributed by atoms with van der Waals surface area (Å²) in [5.41, 5.74) is 1.07. The Bertz CT molecular complexity index is 530. The van der Waals surface area contributed by atoms with Crippen LogP contribution >= 0.6 is 0 Å². The number of carbonyl (C=O) groups is 2. The highest BCUT2D eigenvalue weighted by Gasteiger charge is 2.23. The number of aromatic carboxylic acids is 1. The number of rotatable bonds is 2. The molecule has 1 unspecified atom stereocenters. The number of aliphatic hydroxyl groups is 1. The average Bonchev–Trinajstić information content (AvgIpc) is 2.40. The van der Waals surface area contributed by atoms with Gasteiger partial charge in [-0.15, -0.1) is 0 Å². The number of aliphatic hydroxyl groups excluding tert-OH is 1. The van der Waals surface area contributed by atoms with E-state index in [9.17, 15) is 14.7 Å². The molecule has 1 aliphatic heterocycles. The third-order valence-electron chi connectivity index (χ3n) is 3.42. The largest absolute Gasteiger partial charge is 0.478 e. The number of hydrogen-bond donors (Lipinski definition) is 3. The number of benzene rings is 1. The van der Waals surface area contributed by atoms with Crippen LogP contribution in [0.3, 0.4) is 0 Å². The zero-order valence-electron chi connectivity index (χ0n) is 11.3. The summed E-state index contributed by atoms with van der Waals surface area (Å²) in [7, 11) is 0. The lowest BCUT2D eigenvalue weighted by Crippen LogP contribution is -2.44. The number of carboxylic acids is 1. The molecule has 0 aromatic heterocycles. The number of urea groups is 1. The molecule has 1 heterocycles. The second kappa shape index (κ2) is 5.92. The Morgan fingerprint density at radius 1 is 1.40 bits per heavy atom. The van der Waals surface area contributed by atoms with Crippen molar-refractivity contribution in [1.82, 2.24) is 4.90 Å². The van der Waals surface area contributed by atoms with Gasteiger partial charge < -0.3 is 20.4 Å². The minimum Gasteiger partial charge on any atom is -0.478 e. The Morgan fingerprint density at radius 2 is 2.15 bits per heavy atom. The average molecular weight is 278 g/mol. The molecule has 20 heavy (non-hydrogen) atoms. The molecule has 1 aromatic rings. The molecular weight excluding hydrogens is 260 g/mol. The maximum atomic E-state index is 12.2. The third kappa shape index (κ3) is 3.08. The molecular formula is C14H18N2O4. The predicted octanol–water partition coefficient (Wildman–Crippen LogP) is 1.68. The summed E-state index contributed by atoms with van der Waals surface area (Å²) < 4.78 is 0. The molecule has 1 saturated heterocycles. The van der Waals surface area contributed by atoms with Crippen LogP contribution in [0.25, 0.3) is 0 Å².